The first-order valence-electron chi connectivity index (χ1n) is 14.1. The number of nitrogens with zero attached hydrogens (tertiary/aromatic N) is 6. The third-order valence-electron chi connectivity index (χ3n) is 7.76. The molecule has 2 fully saturated rings. The number of amides is 2. The van der Waals surface area contributed by atoms with E-state index in [1.807, 2.05) is 20.8 Å². The molecule has 1 aliphatic heterocycles. The number of aryl methyl sites for hydroxylation is 1. The Morgan fingerprint density at radius 2 is 1.95 bits per heavy atom. The van der Waals surface area contributed by atoms with Crippen molar-refractivity contribution < 1.29 is 28.2 Å². The van der Waals surface area contributed by atoms with Crippen molar-refractivity contribution in [2.75, 3.05) is 29.5 Å². The number of hydrogen-bond donors (Lipinski definition) is 2. The van der Waals surface area contributed by atoms with Crippen LogP contribution in [0.1, 0.15) is 39.4 Å². The summed E-state index contributed by atoms with van der Waals surface area (Å²) >= 11 is 5.60. The van der Waals surface area contributed by atoms with Crippen LogP contribution in [0.15, 0.2) is 24.5 Å². The number of carbonyl (C=O) groups is 2. The lowest BCUT2D eigenvalue weighted by molar-refractivity contribution is 0.0491. The van der Waals surface area contributed by atoms with E-state index in [-0.39, 0.29) is 35.8 Å². The van der Waals surface area contributed by atoms with Crippen LogP contribution in [0, 0.1) is 18.7 Å². The van der Waals surface area contributed by atoms with Crippen LogP contribution >= 0.6 is 11.6 Å². The molecule has 6 rings (SSSR count). The average Bonchev–Trinajstić information content (AvgIpc) is 3.65. The van der Waals surface area contributed by atoms with Crippen LogP contribution in [0.4, 0.5) is 25.5 Å². The number of benzene rings is 1. The molecule has 2 N–H and O–H groups in total. The highest BCUT2D eigenvalue weighted by atomic mass is 35.5. The summed E-state index contributed by atoms with van der Waals surface area (Å²) in [6, 6.07) is 2.27. The number of rotatable bonds is 6. The standard InChI is InChI=1S/C29H32ClFN8O5/c1-14-32-10-18(11-33-14)43-26-36-24-22(19-7-16(31)8-21(23(19)35-24)38(5)28(41)42-13-30)25(37-26)39-12-15-6-17(39)9-20(15)34-27(40)44-29(2,3)4/h7-8,10-11,15,17,20H,6,9,12-13H2,1-5H3,(H,34,40)(H,35,36,37)/t15-,17-,20?/m1/s1. The predicted molar refractivity (Wildman–Crippen MR) is 161 cm³/mol. The number of piperidine rings is 1. The Bertz CT molecular complexity index is 1740. The van der Waals surface area contributed by atoms with Gasteiger partial charge in [-0.15, -0.1) is 0 Å². The third-order valence-corrected chi connectivity index (χ3v) is 7.87. The van der Waals surface area contributed by atoms with Gasteiger partial charge >= 0.3 is 18.2 Å². The van der Waals surface area contributed by atoms with Crippen molar-refractivity contribution >= 4 is 57.2 Å². The zero-order valence-corrected chi connectivity index (χ0v) is 25.6. The Balaban J connectivity index is 1.41. The van der Waals surface area contributed by atoms with E-state index in [0.717, 1.165) is 6.42 Å². The zero-order valence-electron chi connectivity index (χ0n) is 24.9. The minimum atomic E-state index is -0.749. The first-order chi connectivity index (χ1) is 20.9. The van der Waals surface area contributed by atoms with Crippen molar-refractivity contribution in [3.8, 4) is 11.8 Å². The molecule has 2 aliphatic rings. The number of aromatic nitrogens is 5. The van der Waals surface area contributed by atoms with Crippen molar-refractivity contribution in [1.29, 1.82) is 0 Å². The summed E-state index contributed by atoms with van der Waals surface area (Å²) in [4.78, 5) is 49.3. The Hall–Kier alpha value is -4.46. The minimum Gasteiger partial charge on any atom is -0.444 e. The maximum Gasteiger partial charge on any atom is 0.415 e. The smallest absolute Gasteiger partial charge is 0.415 e. The highest BCUT2D eigenvalue weighted by molar-refractivity contribution is 6.18. The number of nitrogens with one attached hydrogen (secondary N) is 2. The number of anilines is 2. The predicted octanol–water partition coefficient (Wildman–Crippen LogP) is 5.40. The van der Waals surface area contributed by atoms with Crippen molar-refractivity contribution in [3.05, 3.63) is 36.2 Å². The number of fused-ring (bicyclic) bond motifs is 5. The van der Waals surface area contributed by atoms with Gasteiger partial charge in [-0.3, -0.25) is 4.90 Å². The first-order valence-corrected chi connectivity index (χ1v) is 14.7. The fraction of sp³-hybridized carbons (Fsp3) is 0.448. The molecule has 1 aromatic carbocycles. The van der Waals surface area contributed by atoms with Crippen molar-refractivity contribution in [3.63, 3.8) is 0 Å². The van der Waals surface area contributed by atoms with E-state index in [0.29, 0.717) is 52.3 Å². The number of alkyl carbamates (subject to hydrolysis) is 1. The lowest BCUT2D eigenvalue weighted by atomic mass is 10.0. The molecule has 44 heavy (non-hydrogen) atoms. The molecule has 3 atom stereocenters. The molecule has 2 amide bonds. The van der Waals surface area contributed by atoms with Gasteiger partial charge in [0, 0.05) is 31.1 Å². The number of hydrogen-bond acceptors (Lipinski definition) is 10. The van der Waals surface area contributed by atoms with Gasteiger partial charge in [0.25, 0.3) is 0 Å². The SMILES string of the molecule is Cc1ncc(Oc2nc(N3C[C@H]4C[C@@H]3CC4NC(=O)OC(C)(C)C)c3c(n2)[nH]c2c(N(C)C(=O)OCCl)cc(F)cc23)cn1. The van der Waals surface area contributed by atoms with Crippen molar-refractivity contribution in [2.45, 2.75) is 58.2 Å². The summed E-state index contributed by atoms with van der Waals surface area (Å²) in [5, 5.41) is 4.07. The van der Waals surface area contributed by atoms with Gasteiger partial charge in [-0.1, -0.05) is 11.6 Å². The molecule has 0 spiro atoms. The number of alkyl halides is 1. The van der Waals surface area contributed by atoms with E-state index in [1.54, 1.807) is 6.92 Å². The van der Waals surface area contributed by atoms with Gasteiger partial charge in [0.05, 0.1) is 29.0 Å². The molecular weight excluding hydrogens is 595 g/mol. The van der Waals surface area contributed by atoms with E-state index in [2.05, 4.69) is 30.2 Å². The molecule has 1 saturated carbocycles. The molecule has 15 heteroatoms. The molecule has 13 nitrogen and oxygen atoms in total. The Labute approximate surface area is 257 Å². The lowest BCUT2D eigenvalue weighted by Crippen LogP contribution is -2.47. The van der Waals surface area contributed by atoms with Crippen LogP contribution < -0.4 is 19.9 Å². The maximum atomic E-state index is 15.1. The number of ether oxygens (including phenoxy) is 3. The number of halogens is 2. The van der Waals surface area contributed by atoms with E-state index in [4.69, 9.17) is 30.8 Å². The van der Waals surface area contributed by atoms with Crippen LogP contribution in [-0.4, -0.2) is 74.4 Å². The van der Waals surface area contributed by atoms with Gasteiger partial charge in [-0.2, -0.15) is 9.97 Å². The van der Waals surface area contributed by atoms with Crippen LogP contribution in [-0.2, 0) is 9.47 Å². The summed E-state index contributed by atoms with van der Waals surface area (Å²) in [5.74, 6) is 1.04. The van der Waals surface area contributed by atoms with E-state index in [9.17, 15) is 9.59 Å². The molecule has 2 bridgehead atoms. The molecule has 1 aliphatic carbocycles. The molecule has 4 aromatic rings. The lowest BCUT2D eigenvalue weighted by Gasteiger charge is -2.33. The third kappa shape index (κ3) is 5.73. The summed E-state index contributed by atoms with van der Waals surface area (Å²) in [5.41, 5.74) is 0.469. The van der Waals surface area contributed by atoms with Gasteiger partial charge in [0.15, 0.2) is 11.8 Å². The van der Waals surface area contributed by atoms with Gasteiger partial charge in [-0.05, 0) is 58.6 Å². The summed E-state index contributed by atoms with van der Waals surface area (Å²) < 4.78 is 31.5. The highest BCUT2D eigenvalue weighted by Crippen LogP contribution is 2.45. The summed E-state index contributed by atoms with van der Waals surface area (Å²) in [7, 11) is 1.46. The Morgan fingerprint density at radius 1 is 1.20 bits per heavy atom. The fourth-order valence-electron chi connectivity index (χ4n) is 5.95. The summed E-state index contributed by atoms with van der Waals surface area (Å²) in [6.45, 7) is 7.82. The largest absolute Gasteiger partial charge is 0.444 e. The highest BCUT2D eigenvalue weighted by Gasteiger charge is 2.47. The van der Waals surface area contributed by atoms with Crippen LogP contribution in [0.5, 0.6) is 11.8 Å². The maximum absolute atomic E-state index is 15.1. The molecule has 0 radical (unpaired) electrons. The fourth-order valence-corrected chi connectivity index (χ4v) is 6.05. The monoisotopic (exact) mass is 626 g/mol. The van der Waals surface area contributed by atoms with Crippen LogP contribution in [0.2, 0.25) is 0 Å². The molecule has 232 valence electrons. The number of aromatic amines is 1. The van der Waals surface area contributed by atoms with Gasteiger partial charge < -0.3 is 29.4 Å². The first kappa shape index (κ1) is 29.6. The summed E-state index contributed by atoms with van der Waals surface area (Å²) in [6.07, 6.45) is 3.35. The second kappa shape index (κ2) is 11.2. The second-order valence-corrected chi connectivity index (χ2v) is 12.2. The normalized spacial score (nSPS) is 19.4. The van der Waals surface area contributed by atoms with Crippen molar-refractivity contribution in [2.24, 2.45) is 5.92 Å². The zero-order chi connectivity index (χ0) is 31.3. The number of carbonyl (C=O) groups excluding carboxylic acids is 2. The average molecular weight is 627 g/mol. The van der Waals surface area contributed by atoms with Crippen LogP contribution in [0.3, 0.4) is 0 Å². The van der Waals surface area contributed by atoms with Crippen molar-refractivity contribution in [1.82, 2.24) is 30.2 Å². The molecule has 3 aromatic heterocycles. The van der Waals surface area contributed by atoms with E-state index < -0.39 is 23.6 Å². The Morgan fingerprint density at radius 3 is 2.61 bits per heavy atom. The van der Waals surface area contributed by atoms with Crippen LogP contribution in [0.25, 0.3) is 21.9 Å². The minimum absolute atomic E-state index is 0.0351. The molecular formula is C29H32ClFN8O5. The molecule has 4 heterocycles. The molecule has 1 saturated heterocycles. The molecule has 1 unspecified atom stereocenters. The quantitative estimate of drug-likeness (QED) is 0.266. The van der Waals surface area contributed by atoms with Gasteiger partial charge in [0.2, 0.25) is 0 Å². The van der Waals surface area contributed by atoms with E-state index in [1.165, 1.54) is 36.5 Å². The number of H-pyrrole nitrogens is 1. The topological polar surface area (TPSA) is 148 Å². The Kier molecular flexibility index (Phi) is 7.56. The van der Waals surface area contributed by atoms with Gasteiger partial charge in [0.1, 0.15) is 28.7 Å². The van der Waals surface area contributed by atoms with E-state index >= 15 is 4.39 Å². The van der Waals surface area contributed by atoms with Gasteiger partial charge in [-0.25, -0.2) is 23.9 Å². The second-order valence-electron chi connectivity index (χ2n) is 12.0.